The molecular weight excluding hydrogens is 300 g/mol. The van der Waals surface area contributed by atoms with Crippen LogP contribution >= 0.6 is 11.8 Å². The van der Waals surface area contributed by atoms with E-state index in [1.165, 1.54) is 37.1 Å². The van der Waals surface area contributed by atoms with Crippen molar-refractivity contribution in [3.63, 3.8) is 0 Å². The maximum absolute atomic E-state index is 3.68. The maximum Gasteiger partial charge on any atom is 0.0608 e. The van der Waals surface area contributed by atoms with Gasteiger partial charge in [-0.15, -0.1) is 11.8 Å². The maximum atomic E-state index is 3.68. The van der Waals surface area contributed by atoms with Crippen LogP contribution in [-0.4, -0.2) is 36.7 Å². The summed E-state index contributed by atoms with van der Waals surface area (Å²) < 4.78 is 0. The molecular formula is C20H34N2S. The third kappa shape index (κ3) is 6.76. The van der Waals surface area contributed by atoms with Crippen LogP contribution in [0.15, 0.2) is 35.6 Å². The molecule has 3 heteroatoms. The molecule has 0 aromatic rings. The molecule has 0 amide bonds. The standard InChI is InChI=1S/C20H34N2S/c1-4-8-19(21-16-23-15-17-9-5-6-10-17)13-18-11-7-12-20(14-18)22(2)3/h7-8,11-12,17,20-21H,4-6,9-10,13-16H2,1-3H3/b19-8+. The lowest BCUT2D eigenvalue weighted by atomic mass is 9.96. The normalized spacial score (nSPS) is 22.7. The zero-order valence-corrected chi connectivity index (χ0v) is 16.0. The highest BCUT2D eigenvalue weighted by Crippen LogP contribution is 2.28. The number of nitrogens with zero attached hydrogens (tertiary/aromatic N) is 1. The molecule has 0 spiro atoms. The molecule has 1 fully saturated rings. The first-order valence-electron chi connectivity index (χ1n) is 9.22. The lowest BCUT2D eigenvalue weighted by Gasteiger charge is -2.25. The van der Waals surface area contributed by atoms with Crippen LogP contribution in [0.3, 0.4) is 0 Å². The molecule has 0 aromatic carbocycles. The lowest BCUT2D eigenvalue weighted by Crippen LogP contribution is -2.27. The Hall–Kier alpha value is -0.670. The van der Waals surface area contributed by atoms with E-state index in [2.05, 4.69) is 67.3 Å². The van der Waals surface area contributed by atoms with E-state index in [4.69, 9.17) is 0 Å². The molecule has 0 aliphatic heterocycles. The molecule has 1 unspecified atom stereocenters. The van der Waals surface area contributed by atoms with Gasteiger partial charge in [0.1, 0.15) is 0 Å². The summed E-state index contributed by atoms with van der Waals surface area (Å²) >= 11 is 2.08. The number of hydrogen-bond acceptors (Lipinski definition) is 3. The Morgan fingerprint density at radius 3 is 2.83 bits per heavy atom. The first-order valence-corrected chi connectivity index (χ1v) is 10.4. The topological polar surface area (TPSA) is 15.3 Å². The quantitative estimate of drug-likeness (QED) is 0.474. The Morgan fingerprint density at radius 2 is 2.13 bits per heavy atom. The summed E-state index contributed by atoms with van der Waals surface area (Å²) in [5.74, 6) is 3.37. The average molecular weight is 335 g/mol. The van der Waals surface area contributed by atoms with E-state index in [0.29, 0.717) is 6.04 Å². The van der Waals surface area contributed by atoms with Gasteiger partial charge in [0.2, 0.25) is 0 Å². The summed E-state index contributed by atoms with van der Waals surface area (Å²) in [6.45, 7) is 2.23. The zero-order valence-electron chi connectivity index (χ0n) is 15.2. The van der Waals surface area contributed by atoms with E-state index in [1.807, 2.05) is 0 Å². The summed E-state index contributed by atoms with van der Waals surface area (Å²) in [5.41, 5.74) is 2.95. The van der Waals surface area contributed by atoms with Crippen molar-refractivity contribution in [3.05, 3.63) is 35.6 Å². The SMILES string of the molecule is CC/C=C(\CC1=CC=CC(N(C)C)C1)NCSCC1CCCC1. The van der Waals surface area contributed by atoms with Gasteiger partial charge in [0.15, 0.2) is 0 Å². The first kappa shape index (κ1) is 18.7. The third-order valence-electron chi connectivity index (χ3n) is 4.90. The summed E-state index contributed by atoms with van der Waals surface area (Å²) in [4.78, 5) is 2.30. The summed E-state index contributed by atoms with van der Waals surface area (Å²) in [5, 5.41) is 3.68. The molecule has 0 saturated heterocycles. The molecule has 2 aliphatic rings. The van der Waals surface area contributed by atoms with Crippen molar-refractivity contribution in [3.8, 4) is 0 Å². The lowest BCUT2D eigenvalue weighted by molar-refractivity contribution is 0.338. The molecule has 2 rings (SSSR count). The van der Waals surface area contributed by atoms with Crippen LogP contribution in [-0.2, 0) is 0 Å². The summed E-state index contributed by atoms with van der Waals surface area (Å²) in [7, 11) is 4.33. The molecule has 0 radical (unpaired) electrons. The highest BCUT2D eigenvalue weighted by atomic mass is 32.2. The number of nitrogens with one attached hydrogen (secondary N) is 1. The zero-order chi connectivity index (χ0) is 16.5. The number of rotatable bonds is 9. The molecule has 1 atom stereocenters. The summed E-state index contributed by atoms with van der Waals surface area (Å²) in [6, 6.07) is 0.551. The molecule has 1 N–H and O–H groups in total. The van der Waals surface area contributed by atoms with E-state index >= 15 is 0 Å². The highest BCUT2D eigenvalue weighted by Gasteiger charge is 2.15. The van der Waals surface area contributed by atoms with Crippen molar-refractivity contribution >= 4 is 11.8 Å². The van der Waals surface area contributed by atoms with Crippen LogP contribution < -0.4 is 5.32 Å². The molecule has 23 heavy (non-hydrogen) atoms. The minimum Gasteiger partial charge on any atom is -0.379 e. The second-order valence-electron chi connectivity index (χ2n) is 7.10. The Bertz CT molecular complexity index is 431. The van der Waals surface area contributed by atoms with Crippen molar-refractivity contribution in [2.24, 2.45) is 5.92 Å². The summed E-state index contributed by atoms with van der Waals surface area (Å²) in [6.07, 6.45) is 18.3. The monoisotopic (exact) mass is 334 g/mol. The van der Waals surface area contributed by atoms with Crippen molar-refractivity contribution in [1.29, 1.82) is 0 Å². The molecule has 1 saturated carbocycles. The number of likely N-dealkylation sites (N-methyl/N-ethyl adjacent to an activating group) is 1. The Labute approximate surface area is 147 Å². The van der Waals surface area contributed by atoms with Crippen molar-refractivity contribution in [2.75, 3.05) is 25.7 Å². The van der Waals surface area contributed by atoms with Gasteiger partial charge in [0, 0.05) is 18.2 Å². The van der Waals surface area contributed by atoms with Crippen LogP contribution in [0.5, 0.6) is 0 Å². The largest absolute Gasteiger partial charge is 0.379 e. The molecule has 0 aromatic heterocycles. The molecule has 0 heterocycles. The van der Waals surface area contributed by atoms with Gasteiger partial charge < -0.3 is 10.2 Å². The van der Waals surface area contributed by atoms with Crippen LogP contribution in [0.1, 0.15) is 51.9 Å². The van der Waals surface area contributed by atoms with Crippen molar-refractivity contribution < 1.29 is 0 Å². The number of hydrogen-bond donors (Lipinski definition) is 1. The first-order chi connectivity index (χ1) is 11.2. The minimum atomic E-state index is 0.551. The van der Waals surface area contributed by atoms with Gasteiger partial charge in [0.25, 0.3) is 0 Å². The van der Waals surface area contributed by atoms with Crippen LogP contribution in [0, 0.1) is 5.92 Å². The van der Waals surface area contributed by atoms with Crippen molar-refractivity contribution in [2.45, 2.75) is 57.9 Å². The Balaban J connectivity index is 1.74. The van der Waals surface area contributed by atoms with Gasteiger partial charge >= 0.3 is 0 Å². The van der Waals surface area contributed by atoms with Gasteiger partial charge in [-0.25, -0.2) is 0 Å². The van der Waals surface area contributed by atoms with E-state index < -0.39 is 0 Å². The van der Waals surface area contributed by atoms with E-state index in [0.717, 1.165) is 31.1 Å². The van der Waals surface area contributed by atoms with Crippen LogP contribution in [0.25, 0.3) is 0 Å². The molecule has 2 aliphatic carbocycles. The fourth-order valence-electron chi connectivity index (χ4n) is 3.45. The Morgan fingerprint density at radius 1 is 1.35 bits per heavy atom. The number of thioether (sulfide) groups is 1. The fraction of sp³-hybridized carbons (Fsp3) is 0.700. The van der Waals surface area contributed by atoms with Crippen LogP contribution in [0.4, 0.5) is 0 Å². The van der Waals surface area contributed by atoms with Gasteiger partial charge in [-0.05, 0) is 51.4 Å². The predicted octanol–water partition coefficient (Wildman–Crippen LogP) is 4.96. The van der Waals surface area contributed by atoms with Gasteiger partial charge in [-0.3, -0.25) is 0 Å². The van der Waals surface area contributed by atoms with Gasteiger partial charge in [-0.1, -0.05) is 49.6 Å². The minimum absolute atomic E-state index is 0.551. The average Bonchev–Trinajstić information content (AvgIpc) is 3.05. The van der Waals surface area contributed by atoms with E-state index in [1.54, 1.807) is 5.57 Å². The fourth-order valence-corrected chi connectivity index (χ4v) is 4.53. The predicted molar refractivity (Wildman–Crippen MR) is 105 cm³/mol. The van der Waals surface area contributed by atoms with E-state index in [-0.39, 0.29) is 0 Å². The van der Waals surface area contributed by atoms with Gasteiger partial charge in [0.05, 0.1) is 5.88 Å². The second kappa shape index (κ2) is 10.2. The third-order valence-corrected chi connectivity index (χ3v) is 5.95. The second-order valence-corrected chi connectivity index (χ2v) is 8.13. The molecule has 0 bridgehead atoms. The van der Waals surface area contributed by atoms with E-state index in [9.17, 15) is 0 Å². The van der Waals surface area contributed by atoms with Crippen LogP contribution in [0.2, 0.25) is 0 Å². The number of allylic oxidation sites excluding steroid dienone is 4. The molecule has 2 nitrogen and oxygen atoms in total. The van der Waals surface area contributed by atoms with Gasteiger partial charge in [-0.2, -0.15) is 0 Å². The van der Waals surface area contributed by atoms with Crippen molar-refractivity contribution in [1.82, 2.24) is 10.2 Å². The smallest absolute Gasteiger partial charge is 0.0608 e. The molecule has 130 valence electrons. The highest BCUT2D eigenvalue weighted by molar-refractivity contribution is 7.99. The Kier molecular flexibility index (Phi) is 8.32.